The Morgan fingerprint density at radius 3 is 1.61 bits per heavy atom. The summed E-state index contributed by atoms with van der Waals surface area (Å²) >= 11 is 0. The number of carbonyl (C=O) groups excluding carboxylic acids is 1. The van der Waals surface area contributed by atoms with Gasteiger partial charge >= 0.3 is 0 Å². The van der Waals surface area contributed by atoms with Crippen LogP contribution in [0.1, 0.15) is 49.7 Å². The SMILES string of the molecule is O=C(CN(Cc1ccccc1)Cc1ccccc1)C12CC3CC(CC(C3)C1)C2. The van der Waals surface area contributed by atoms with Gasteiger partial charge in [0.25, 0.3) is 0 Å². The number of nitrogens with zero attached hydrogens (tertiary/aromatic N) is 1. The molecule has 0 spiro atoms. The van der Waals surface area contributed by atoms with Gasteiger partial charge < -0.3 is 0 Å². The van der Waals surface area contributed by atoms with Crippen LogP contribution in [0.15, 0.2) is 60.7 Å². The second kappa shape index (κ2) is 7.48. The number of benzene rings is 2. The molecule has 4 bridgehead atoms. The summed E-state index contributed by atoms with van der Waals surface area (Å²) in [5.41, 5.74) is 2.58. The van der Waals surface area contributed by atoms with E-state index in [1.165, 1.54) is 49.7 Å². The van der Waals surface area contributed by atoms with Crippen molar-refractivity contribution in [2.24, 2.45) is 23.2 Å². The Labute approximate surface area is 169 Å². The molecule has 0 saturated heterocycles. The van der Waals surface area contributed by atoms with E-state index in [1.54, 1.807) is 0 Å². The number of hydrogen-bond donors (Lipinski definition) is 0. The smallest absolute Gasteiger partial charge is 0.153 e. The molecule has 2 aromatic carbocycles. The molecule has 0 heterocycles. The summed E-state index contributed by atoms with van der Waals surface area (Å²) in [7, 11) is 0. The lowest BCUT2D eigenvalue weighted by atomic mass is 9.48. The summed E-state index contributed by atoms with van der Waals surface area (Å²) in [5.74, 6) is 3.00. The first-order valence-corrected chi connectivity index (χ1v) is 11.0. The van der Waals surface area contributed by atoms with Crippen LogP contribution in [0.3, 0.4) is 0 Å². The van der Waals surface area contributed by atoms with Gasteiger partial charge in [0.2, 0.25) is 0 Å². The lowest BCUT2D eigenvalue weighted by Gasteiger charge is -2.56. The first-order valence-electron chi connectivity index (χ1n) is 11.0. The fourth-order valence-electron chi connectivity index (χ4n) is 6.67. The van der Waals surface area contributed by atoms with Gasteiger partial charge in [0.05, 0.1) is 6.54 Å². The molecule has 146 valence electrons. The van der Waals surface area contributed by atoms with E-state index in [2.05, 4.69) is 65.6 Å². The number of rotatable bonds is 7. The van der Waals surface area contributed by atoms with Crippen molar-refractivity contribution >= 4 is 5.78 Å². The van der Waals surface area contributed by atoms with Crippen LogP contribution in [0.5, 0.6) is 0 Å². The van der Waals surface area contributed by atoms with Crippen molar-refractivity contribution in [2.75, 3.05) is 6.54 Å². The van der Waals surface area contributed by atoms with Crippen LogP contribution in [-0.4, -0.2) is 17.2 Å². The molecule has 0 radical (unpaired) electrons. The number of ketones is 1. The third kappa shape index (κ3) is 3.67. The van der Waals surface area contributed by atoms with Gasteiger partial charge in [-0.15, -0.1) is 0 Å². The summed E-state index contributed by atoms with van der Waals surface area (Å²) in [6.45, 7) is 2.28. The summed E-state index contributed by atoms with van der Waals surface area (Å²) in [6.07, 6.45) is 7.69. The first-order chi connectivity index (χ1) is 13.7. The van der Waals surface area contributed by atoms with Crippen molar-refractivity contribution in [1.29, 1.82) is 0 Å². The van der Waals surface area contributed by atoms with Crippen molar-refractivity contribution in [3.05, 3.63) is 71.8 Å². The minimum absolute atomic E-state index is 0.000373. The van der Waals surface area contributed by atoms with Crippen molar-refractivity contribution in [1.82, 2.24) is 4.90 Å². The molecule has 4 aliphatic rings. The minimum Gasteiger partial charge on any atom is -0.298 e. The summed E-state index contributed by atoms with van der Waals surface area (Å²) in [6, 6.07) is 21.2. The molecule has 6 rings (SSSR count). The van der Waals surface area contributed by atoms with Crippen LogP contribution in [0.4, 0.5) is 0 Å². The molecular weight excluding hydrogens is 342 g/mol. The van der Waals surface area contributed by atoms with E-state index in [4.69, 9.17) is 0 Å². The second-order valence-electron chi connectivity index (χ2n) is 9.74. The van der Waals surface area contributed by atoms with Gasteiger partial charge in [0, 0.05) is 18.5 Å². The Morgan fingerprint density at radius 2 is 1.18 bits per heavy atom. The maximum atomic E-state index is 13.6. The minimum atomic E-state index is 0.000373. The van der Waals surface area contributed by atoms with Crippen LogP contribution in [0.2, 0.25) is 0 Å². The van der Waals surface area contributed by atoms with E-state index in [1.807, 2.05) is 0 Å². The molecule has 2 heteroatoms. The standard InChI is InChI=1S/C26H31NO/c28-25(26-14-22-11-23(15-26)13-24(12-22)16-26)19-27(17-20-7-3-1-4-8-20)18-21-9-5-2-6-10-21/h1-10,22-24H,11-19H2. The third-order valence-electron chi connectivity index (χ3n) is 7.49. The highest BCUT2D eigenvalue weighted by Gasteiger charge is 2.54. The van der Waals surface area contributed by atoms with E-state index in [0.29, 0.717) is 12.3 Å². The van der Waals surface area contributed by atoms with Crippen LogP contribution < -0.4 is 0 Å². The second-order valence-corrected chi connectivity index (χ2v) is 9.74. The lowest BCUT2D eigenvalue weighted by Crippen LogP contribution is -2.52. The van der Waals surface area contributed by atoms with Gasteiger partial charge in [-0.05, 0) is 67.4 Å². The molecule has 0 aromatic heterocycles. The Balaban J connectivity index is 1.34. The van der Waals surface area contributed by atoms with Crippen LogP contribution in [0.25, 0.3) is 0 Å². The van der Waals surface area contributed by atoms with Crippen molar-refractivity contribution < 1.29 is 4.79 Å². The highest BCUT2D eigenvalue weighted by molar-refractivity contribution is 5.87. The monoisotopic (exact) mass is 373 g/mol. The molecule has 4 fully saturated rings. The van der Waals surface area contributed by atoms with E-state index < -0.39 is 0 Å². The molecular formula is C26H31NO. The van der Waals surface area contributed by atoms with Gasteiger partial charge in [-0.2, -0.15) is 0 Å². The largest absolute Gasteiger partial charge is 0.298 e. The summed E-state index contributed by atoms with van der Waals surface area (Å²) in [4.78, 5) is 16.0. The average molecular weight is 374 g/mol. The van der Waals surface area contributed by atoms with Gasteiger partial charge in [0.15, 0.2) is 5.78 Å². The number of carbonyl (C=O) groups is 1. The lowest BCUT2D eigenvalue weighted by molar-refractivity contribution is -0.145. The number of Topliss-reactive ketones (excluding diaryl/α,β-unsaturated/α-hetero) is 1. The Bertz CT molecular complexity index is 736. The highest BCUT2D eigenvalue weighted by Crippen LogP contribution is 2.60. The molecule has 28 heavy (non-hydrogen) atoms. The molecule has 2 nitrogen and oxygen atoms in total. The van der Waals surface area contributed by atoms with Crippen molar-refractivity contribution in [3.63, 3.8) is 0 Å². The summed E-state index contributed by atoms with van der Waals surface area (Å²) in [5, 5.41) is 0. The van der Waals surface area contributed by atoms with E-state index in [0.717, 1.165) is 30.8 Å². The zero-order chi connectivity index (χ0) is 19.0. The average Bonchev–Trinajstić information content (AvgIpc) is 2.68. The van der Waals surface area contributed by atoms with Gasteiger partial charge in [-0.25, -0.2) is 0 Å². The van der Waals surface area contributed by atoms with Gasteiger partial charge in [-0.3, -0.25) is 9.69 Å². The van der Waals surface area contributed by atoms with E-state index in [-0.39, 0.29) is 5.41 Å². The topological polar surface area (TPSA) is 20.3 Å². The van der Waals surface area contributed by atoms with E-state index in [9.17, 15) is 4.79 Å². The molecule has 0 N–H and O–H groups in total. The predicted octanol–water partition coefficient (Wildman–Crippen LogP) is 5.47. The highest BCUT2D eigenvalue weighted by atomic mass is 16.1. The molecule has 4 aliphatic carbocycles. The zero-order valence-electron chi connectivity index (χ0n) is 16.7. The Morgan fingerprint density at radius 1 is 0.750 bits per heavy atom. The Hall–Kier alpha value is -1.93. The first kappa shape index (κ1) is 18.1. The number of hydrogen-bond acceptors (Lipinski definition) is 2. The van der Waals surface area contributed by atoms with Crippen molar-refractivity contribution in [3.8, 4) is 0 Å². The molecule has 0 unspecified atom stereocenters. The molecule has 4 saturated carbocycles. The van der Waals surface area contributed by atoms with Crippen LogP contribution >= 0.6 is 0 Å². The summed E-state index contributed by atoms with van der Waals surface area (Å²) < 4.78 is 0. The quantitative estimate of drug-likeness (QED) is 0.641. The Kier molecular flexibility index (Phi) is 4.84. The fraction of sp³-hybridized carbons (Fsp3) is 0.500. The normalized spacial score (nSPS) is 30.7. The molecule has 0 amide bonds. The maximum Gasteiger partial charge on any atom is 0.153 e. The fourth-order valence-corrected chi connectivity index (χ4v) is 6.67. The molecule has 0 aliphatic heterocycles. The predicted molar refractivity (Wildman–Crippen MR) is 113 cm³/mol. The van der Waals surface area contributed by atoms with Crippen molar-refractivity contribution in [2.45, 2.75) is 51.6 Å². The molecule has 0 atom stereocenters. The van der Waals surface area contributed by atoms with Crippen LogP contribution in [0, 0.1) is 23.2 Å². The maximum absolute atomic E-state index is 13.6. The van der Waals surface area contributed by atoms with Crippen LogP contribution in [-0.2, 0) is 17.9 Å². The van der Waals surface area contributed by atoms with E-state index >= 15 is 0 Å². The molecule has 2 aromatic rings. The third-order valence-corrected chi connectivity index (χ3v) is 7.49. The van der Waals surface area contributed by atoms with Gasteiger partial charge in [0.1, 0.15) is 0 Å². The zero-order valence-corrected chi connectivity index (χ0v) is 16.7. The van der Waals surface area contributed by atoms with Gasteiger partial charge in [-0.1, -0.05) is 60.7 Å².